The van der Waals surface area contributed by atoms with Crippen LogP contribution >= 0.6 is 0 Å². The van der Waals surface area contributed by atoms with Gasteiger partial charge in [-0.25, -0.2) is 0 Å². The molecule has 1 heterocycles. The molecule has 1 fully saturated rings. The van der Waals surface area contributed by atoms with Gasteiger partial charge in [0.05, 0.1) is 13.5 Å². The number of carbonyl (C=O) groups excluding carboxylic acids is 5. The fourth-order valence-corrected chi connectivity index (χ4v) is 2.53. The molecule has 1 rings (SSSR count). The van der Waals surface area contributed by atoms with Crippen LogP contribution in [-0.4, -0.2) is 67.7 Å². The Kier molecular flexibility index (Phi) is 8.16. The summed E-state index contributed by atoms with van der Waals surface area (Å²) in [6, 6.07) is 0. The van der Waals surface area contributed by atoms with E-state index < -0.39 is 67.0 Å². The minimum Gasteiger partial charge on any atom is -0.469 e. The van der Waals surface area contributed by atoms with E-state index in [1.165, 1.54) is 0 Å². The van der Waals surface area contributed by atoms with Crippen LogP contribution in [0.1, 0.15) is 34.1 Å². The number of hydrogen-bond donors (Lipinski definition) is 0. The highest BCUT2D eigenvalue weighted by atomic mass is 16.7. The Morgan fingerprint density at radius 3 is 1.59 bits per heavy atom. The minimum absolute atomic E-state index is 0.406. The van der Waals surface area contributed by atoms with E-state index in [4.69, 9.17) is 23.7 Å². The second-order valence-corrected chi connectivity index (χ2v) is 5.65. The van der Waals surface area contributed by atoms with Gasteiger partial charge in [0.15, 0.2) is 12.2 Å². The molecule has 0 aromatic rings. The second-order valence-electron chi connectivity index (χ2n) is 5.65. The molecule has 0 aromatic heterocycles. The number of esters is 5. The predicted octanol–water partition coefficient (Wildman–Crippen LogP) is -0.367. The van der Waals surface area contributed by atoms with Crippen molar-refractivity contribution in [2.75, 3.05) is 7.11 Å². The predicted molar refractivity (Wildman–Crippen MR) is 83.7 cm³/mol. The van der Waals surface area contributed by atoms with Crippen molar-refractivity contribution in [3.05, 3.63) is 0 Å². The Bertz CT molecular complexity index is 599. The summed E-state index contributed by atoms with van der Waals surface area (Å²) in [6.07, 6.45) is -7.23. The van der Waals surface area contributed by atoms with Crippen LogP contribution in [0, 0.1) is 0 Å². The van der Waals surface area contributed by atoms with Gasteiger partial charge in [0.2, 0.25) is 12.4 Å². The number of rotatable bonds is 6. The van der Waals surface area contributed by atoms with Crippen LogP contribution in [0.15, 0.2) is 0 Å². The molecule has 0 amide bonds. The van der Waals surface area contributed by atoms with E-state index in [1.54, 1.807) is 0 Å². The lowest BCUT2D eigenvalue weighted by Gasteiger charge is -2.43. The lowest BCUT2D eigenvalue weighted by Crippen LogP contribution is -2.62. The van der Waals surface area contributed by atoms with E-state index in [1.807, 2.05) is 0 Å². The first kappa shape index (κ1) is 22.4. The summed E-state index contributed by atoms with van der Waals surface area (Å²) >= 11 is 0. The van der Waals surface area contributed by atoms with Gasteiger partial charge in [-0.1, -0.05) is 0 Å². The fraction of sp³-hybridized carbons (Fsp3) is 0.688. The SMILES string of the molecule is COC(=O)C[C@H]1O[C@@H](OC(C)=O)[C@H](OC(C)=O)[C@@H](OC(C)=O)[C@@H]1OC(C)=O. The monoisotopic (exact) mass is 390 g/mol. The normalized spacial score (nSPS) is 27.1. The number of carbonyl (C=O) groups is 5. The number of hydrogen-bond acceptors (Lipinski definition) is 11. The van der Waals surface area contributed by atoms with Crippen LogP contribution in [0.2, 0.25) is 0 Å². The van der Waals surface area contributed by atoms with Crippen molar-refractivity contribution in [2.45, 2.75) is 64.8 Å². The van der Waals surface area contributed by atoms with Crippen LogP contribution in [-0.2, 0) is 52.4 Å². The summed E-state index contributed by atoms with van der Waals surface area (Å²) < 4.78 is 30.5. The van der Waals surface area contributed by atoms with E-state index in [0.717, 1.165) is 34.8 Å². The minimum atomic E-state index is -1.50. The maximum absolute atomic E-state index is 11.7. The Balaban J connectivity index is 3.33. The first-order chi connectivity index (χ1) is 12.5. The maximum atomic E-state index is 11.7. The van der Waals surface area contributed by atoms with Crippen LogP contribution in [0.3, 0.4) is 0 Å². The molecule has 1 aliphatic heterocycles. The van der Waals surface area contributed by atoms with E-state index in [2.05, 4.69) is 4.74 Å². The van der Waals surface area contributed by atoms with Gasteiger partial charge < -0.3 is 28.4 Å². The highest BCUT2D eigenvalue weighted by Gasteiger charge is 2.53. The number of ether oxygens (including phenoxy) is 6. The average Bonchev–Trinajstić information content (AvgIpc) is 2.52. The fourth-order valence-electron chi connectivity index (χ4n) is 2.53. The van der Waals surface area contributed by atoms with Crippen LogP contribution in [0.5, 0.6) is 0 Å². The molecule has 1 aliphatic rings. The molecule has 0 radical (unpaired) electrons. The molecular weight excluding hydrogens is 368 g/mol. The third kappa shape index (κ3) is 6.85. The lowest BCUT2D eigenvalue weighted by molar-refractivity contribution is -0.296. The molecule has 0 N–H and O–H groups in total. The van der Waals surface area contributed by atoms with Gasteiger partial charge in [-0.15, -0.1) is 0 Å². The Morgan fingerprint density at radius 2 is 1.15 bits per heavy atom. The van der Waals surface area contributed by atoms with Gasteiger partial charge in [0.25, 0.3) is 0 Å². The first-order valence-corrected chi connectivity index (χ1v) is 7.96. The summed E-state index contributed by atoms with van der Waals surface area (Å²) in [6.45, 7) is 4.35. The van der Waals surface area contributed by atoms with Gasteiger partial charge in [-0.05, 0) is 0 Å². The van der Waals surface area contributed by atoms with Crippen LogP contribution in [0.4, 0.5) is 0 Å². The average molecular weight is 390 g/mol. The van der Waals surface area contributed by atoms with Gasteiger partial charge in [0, 0.05) is 27.7 Å². The van der Waals surface area contributed by atoms with Crippen molar-refractivity contribution in [2.24, 2.45) is 0 Å². The topological polar surface area (TPSA) is 141 Å². The highest BCUT2D eigenvalue weighted by molar-refractivity contribution is 5.71. The zero-order valence-corrected chi connectivity index (χ0v) is 15.6. The molecule has 152 valence electrons. The molecule has 11 heteroatoms. The molecule has 0 spiro atoms. The highest BCUT2D eigenvalue weighted by Crippen LogP contribution is 2.31. The Hall–Kier alpha value is -2.69. The summed E-state index contributed by atoms with van der Waals surface area (Å²) in [7, 11) is 1.14. The molecule has 1 saturated heterocycles. The summed E-state index contributed by atoms with van der Waals surface area (Å²) in [4.78, 5) is 57.6. The third-order valence-electron chi connectivity index (χ3n) is 3.37. The summed E-state index contributed by atoms with van der Waals surface area (Å²) in [5.74, 6) is -3.82. The Labute approximate surface area is 155 Å². The van der Waals surface area contributed by atoms with Crippen molar-refractivity contribution in [1.82, 2.24) is 0 Å². The standard InChI is InChI=1S/C16H22O11/c1-7(17)23-13-11(6-12(21)22-5)27-16(26-10(4)20)15(25-9(3)19)14(13)24-8(2)18/h11,13-16H,6H2,1-5H3/t11-,13-,14+,15-,16-/m1/s1. The quantitative estimate of drug-likeness (QED) is 0.433. The van der Waals surface area contributed by atoms with E-state index in [0.29, 0.717) is 0 Å². The summed E-state index contributed by atoms with van der Waals surface area (Å²) in [5.41, 5.74) is 0. The zero-order chi connectivity index (χ0) is 20.7. The van der Waals surface area contributed by atoms with Gasteiger partial charge in [0.1, 0.15) is 6.10 Å². The maximum Gasteiger partial charge on any atom is 0.308 e. The molecule has 0 unspecified atom stereocenters. The summed E-state index contributed by atoms with van der Waals surface area (Å²) in [5, 5.41) is 0. The van der Waals surface area contributed by atoms with E-state index >= 15 is 0 Å². The smallest absolute Gasteiger partial charge is 0.308 e. The van der Waals surface area contributed by atoms with Gasteiger partial charge >= 0.3 is 29.8 Å². The molecule has 0 saturated carbocycles. The van der Waals surface area contributed by atoms with Crippen molar-refractivity contribution >= 4 is 29.8 Å². The largest absolute Gasteiger partial charge is 0.469 e. The van der Waals surface area contributed by atoms with Crippen LogP contribution < -0.4 is 0 Å². The Morgan fingerprint density at radius 1 is 0.704 bits per heavy atom. The molecule has 5 atom stereocenters. The third-order valence-corrected chi connectivity index (χ3v) is 3.37. The van der Waals surface area contributed by atoms with E-state index in [9.17, 15) is 24.0 Å². The molecule has 0 aliphatic carbocycles. The van der Waals surface area contributed by atoms with Crippen molar-refractivity contribution in [3.63, 3.8) is 0 Å². The van der Waals surface area contributed by atoms with Crippen LogP contribution in [0.25, 0.3) is 0 Å². The molecule has 0 aromatic carbocycles. The number of methoxy groups -OCH3 is 1. The van der Waals surface area contributed by atoms with Crippen molar-refractivity contribution in [1.29, 1.82) is 0 Å². The van der Waals surface area contributed by atoms with Gasteiger partial charge in [-0.3, -0.25) is 24.0 Å². The molecule has 0 bridgehead atoms. The molecular formula is C16H22O11. The van der Waals surface area contributed by atoms with Crippen molar-refractivity contribution < 1.29 is 52.4 Å². The lowest BCUT2D eigenvalue weighted by atomic mass is 9.96. The first-order valence-electron chi connectivity index (χ1n) is 7.96. The van der Waals surface area contributed by atoms with Crippen molar-refractivity contribution in [3.8, 4) is 0 Å². The zero-order valence-electron chi connectivity index (χ0n) is 15.6. The van der Waals surface area contributed by atoms with Gasteiger partial charge in [-0.2, -0.15) is 0 Å². The molecule has 27 heavy (non-hydrogen) atoms. The van der Waals surface area contributed by atoms with E-state index in [-0.39, 0.29) is 0 Å². The second kappa shape index (κ2) is 9.86. The molecule has 11 nitrogen and oxygen atoms in total.